The minimum Gasteiger partial charge on any atom is -0.497 e. The predicted molar refractivity (Wildman–Crippen MR) is 109 cm³/mol. The normalized spacial score (nSPS) is 12.3. The zero-order valence-corrected chi connectivity index (χ0v) is 16.2. The van der Waals surface area contributed by atoms with Crippen LogP contribution in [0.2, 0.25) is 0 Å². The van der Waals surface area contributed by atoms with Crippen molar-refractivity contribution >= 4 is 16.8 Å². The first-order valence-corrected chi connectivity index (χ1v) is 9.19. The van der Waals surface area contributed by atoms with E-state index < -0.39 is 0 Å². The second kappa shape index (κ2) is 8.73. The molecule has 0 aliphatic heterocycles. The Hall–Kier alpha value is -2.79. The molecule has 0 saturated heterocycles. The molecule has 1 atom stereocenters. The van der Waals surface area contributed by atoms with Gasteiger partial charge in [-0.15, -0.1) is 0 Å². The van der Waals surface area contributed by atoms with E-state index in [0.717, 1.165) is 16.8 Å². The van der Waals surface area contributed by atoms with Gasteiger partial charge in [-0.25, -0.2) is 0 Å². The minimum atomic E-state index is 0.0579. The zero-order valence-electron chi connectivity index (χ0n) is 16.2. The number of amides is 1. The fourth-order valence-corrected chi connectivity index (χ4v) is 3.30. The highest BCUT2D eigenvalue weighted by molar-refractivity contribution is 5.80. The van der Waals surface area contributed by atoms with Crippen LogP contribution in [0.3, 0.4) is 0 Å². The molecule has 2 aromatic carbocycles. The number of carbonyl (C=O) groups is 1. The van der Waals surface area contributed by atoms with Gasteiger partial charge in [-0.1, -0.05) is 30.3 Å². The second-order valence-corrected chi connectivity index (χ2v) is 6.88. The molecule has 0 aliphatic carbocycles. The van der Waals surface area contributed by atoms with Gasteiger partial charge in [-0.2, -0.15) is 0 Å². The van der Waals surface area contributed by atoms with Crippen LogP contribution in [0.15, 0.2) is 60.8 Å². The Morgan fingerprint density at radius 3 is 2.74 bits per heavy atom. The third kappa shape index (κ3) is 4.68. The molecule has 27 heavy (non-hydrogen) atoms. The van der Waals surface area contributed by atoms with Gasteiger partial charge in [-0.05, 0) is 49.3 Å². The molecule has 1 unspecified atom stereocenters. The van der Waals surface area contributed by atoms with Gasteiger partial charge < -0.3 is 19.5 Å². The third-order valence-electron chi connectivity index (χ3n) is 4.85. The molecule has 0 spiro atoms. The van der Waals surface area contributed by atoms with Gasteiger partial charge in [0.15, 0.2) is 0 Å². The fourth-order valence-electron chi connectivity index (χ4n) is 3.30. The largest absolute Gasteiger partial charge is 0.497 e. The average Bonchev–Trinajstić information content (AvgIpc) is 3.09. The van der Waals surface area contributed by atoms with Gasteiger partial charge in [0.25, 0.3) is 0 Å². The van der Waals surface area contributed by atoms with E-state index in [1.807, 2.05) is 50.6 Å². The van der Waals surface area contributed by atoms with Gasteiger partial charge in [-0.3, -0.25) is 4.79 Å². The van der Waals surface area contributed by atoms with Gasteiger partial charge in [0.1, 0.15) is 5.75 Å². The molecule has 3 aromatic rings. The van der Waals surface area contributed by atoms with Crippen LogP contribution in [0.25, 0.3) is 10.9 Å². The van der Waals surface area contributed by atoms with Crippen LogP contribution in [0.5, 0.6) is 5.75 Å². The SMILES string of the molecule is COc1cccc(C(CNC(=O)CCn2ccc3ccccc32)N(C)C)c1. The predicted octanol–water partition coefficient (Wildman–Crippen LogP) is 3.46. The summed E-state index contributed by atoms with van der Waals surface area (Å²) in [5.41, 5.74) is 2.28. The number of fused-ring (bicyclic) bond motifs is 1. The first-order chi connectivity index (χ1) is 13.1. The topological polar surface area (TPSA) is 46.5 Å². The van der Waals surface area contributed by atoms with Crippen molar-refractivity contribution < 1.29 is 9.53 Å². The number of carbonyl (C=O) groups excluding carboxylic acids is 1. The molecule has 0 saturated carbocycles. The standard InChI is InChI=1S/C22H27N3O2/c1-24(2)21(18-8-6-9-19(15-18)27-3)16-23-22(26)12-14-25-13-11-17-7-4-5-10-20(17)25/h4-11,13,15,21H,12,14,16H2,1-3H3,(H,23,26). The molecular weight excluding hydrogens is 338 g/mol. The fraction of sp³-hybridized carbons (Fsp3) is 0.318. The Bertz CT molecular complexity index is 901. The first kappa shape index (κ1) is 19.0. The molecule has 1 heterocycles. The molecule has 1 aromatic heterocycles. The first-order valence-electron chi connectivity index (χ1n) is 9.19. The van der Waals surface area contributed by atoms with E-state index in [-0.39, 0.29) is 11.9 Å². The summed E-state index contributed by atoms with van der Waals surface area (Å²) >= 11 is 0. The number of likely N-dealkylation sites (N-methyl/N-ethyl adjacent to an activating group) is 1. The highest BCUT2D eigenvalue weighted by Gasteiger charge is 2.16. The van der Waals surface area contributed by atoms with E-state index in [4.69, 9.17) is 4.74 Å². The van der Waals surface area contributed by atoms with E-state index in [1.165, 1.54) is 5.39 Å². The van der Waals surface area contributed by atoms with E-state index in [0.29, 0.717) is 19.5 Å². The van der Waals surface area contributed by atoms with Gasteiger partial charge in [0.2, 0.25) is 5.91 Å². The molecule has 0 radical (unpaired) electrons. The van der Waals surface area contributed by atoms with Gasteiger partial charge in [0.05, 0.1) is 13.2 Å². The number of ether oxygens (including phenoxy) is 1. The van der Waals surface area contributed by atoms with E-state index in [2.05, 4.69) is 39.0 Å². The number of hydrogen-bond acceptors (Lipinski definition) is 3. The Morgan fingerprint density at radius 2 is 1.96 bits per heavy atom. The van der Waals surface area contributed by atoms with Crippen LogP contribution < -0.4 is 10.1 Å². The summed E-state index contributed by atoms with van der Waals surface area (Å²) in [6, 6.07) is 18.4. The lowest BCUT2D eigenvalue weighted by molar-refractivity contribution is -0.121. The average molecular weight is 365 g/mol. The maximum Gasteiger partial charge on any atom is 0.221 e. The summed E-state index contributed by atoms with van der Waals surface area (Å²) in [7, 11) is 5.70. The maximum absolute atomic E-state index is 12.4. The lowest BCUT2D eigenvalue weighted by Gasteiger charge is -2.25. The zero-order chi connectivity index (χ0) is 19.2. The summed E-state index contributed by atoms with van der Waals surface area (Å²) in [6.45, 7) is 1.23. The number of nitrogens with zero attached hydrogens (tertiary/aromatic N) is 2. The smallest absolute Gasteiger partial charge is 0.221 e. The van der Waals surface area contributed by atoms with Crippen LogP contribution >= 0.6 is 0 Å². The Balaban J connectivity index is 1.58. The van der Waals surface area contributed by atoms with E-state index in [1.54, 1.807) is 7.11 Å². The molecular formula is C22H27N3O2. The number of para-hydroxylation sites is 1. The van der Waals surface area contributed by atoms with Crippen molar-refractivity contribution in [2.75, 3.05) is 27.7 Å². The second-order valence-electron chi connectivity index (χ2n) is 6.88. The molecule has 0 aliphatic rings. The number of aryl methyl sites for hydroxylation is 1. The highest BCUT2D eigenvalue weighted by atomic mass is 16.5. The summed E-state index contributed by atoms with van der Waals surface area (Å²) in [5, 5.41) is 4.27. The number of aromatic nitrogens is 1. The van der Waals surface area contributed by atoms with Gasteiger partial charge >= 0.3 is 0 Å². The number of benzene rings is 2. The number of methoxy groups -OCH3 is 1. The van der Waals surface area contributed by atoms with Crippen LogP contribution in [0.4, 0.5) is 0 Å². The van der Waals surface area contributed by atoms with Crippen molar-refractivity contribution in [3.05, 3.63) is 66.4 Å². The van der Waals surface area contributed by atoms with Crippen molar-refractivity contribution in [3.8, 4) is 5.75 Å². The van der Waals surface area contributed by atoms with Crippen LogP contribution in [0, 0.1) is 0 Å². The van der Waals surface area contributed by atoms with Crippen LogP contribution in [0.1, 0.15) is 18.0 Å². The minimum absolute atomic E-state index is 0.0579. The highest BCUT2D eigenvalue weighted by Crippen LogP contribution is 2.22. The Morgan fingerprint density at radius 1 is 1.15 bits per heavy atom. The molecule has 0 fully saturated rings. The Labute approximate surface area is 160 Å². The van der Waals surface area contributed by atoms with Gasteiger partial charge in [0, 0.05) is 31.2 Å². The number of rotatable bonds is 8. The molecule has 1 N–H and O–H groups in total. The van der Waals surface area contributed by atoms with Crippen LogP contribution in [-0.2, 0) is 11.3 Å². The molecule has 3 rings (SSSR count). The van der Waals surface area contributed by atoms with E-state index >= 15 is 0 Å². The lowest BCUT2D eigenvalue weighted by atomic mass is 10.1. The summed E-state index contributed by atoms with van der Waals surface area (Å²) < 4.78 is 7.44. The molecule has 5 heteroatoms. The monoisotopic (exact) mass is 365 g/mol. The van der Waals surface area contributed by atoms with Crippen LogP contribution in [-0.4, -0.2) is 43.1 Å². The van der Waals surface area contributed by atoms with Crippen molar-refractivity contribution in [1.29, 1.82) is 0 Å². The third-order valence-corrected chi connectivity index (χ3v) is 4.85. The lowest BCUT2D eigenvalue weighted by Crippen LogP contribution is -2.34. The molecule has 1 amide bonds. The summed E-state index contributed by atoms with van der Waals surface area (Å²) in [4.78, 5) is 14.5. The molecule has 5 nitrogen and oxygen atoms in total. The molecule has 142 valence electrons. The van der Waals surface area contributed by atoms with Crippen molar-refractivity contribution in [2.24, 2.45) is 0 Å². The van der Waals surface area contributed by atoms with Crippen molar-refractivity contribution in [3.63, 3.8) is 0 Å². The van der Waals surface area contributed by atoms with Crippen molar-refractivity contribution in [2.45, 2.75) is 19.0 Å². The molecule has 0 bridgehead atoms. The quantitative estimate of drug-likeness (QED) is 0.665. The summed E-state index contributed by atoms with van der Waals surface area (Å²) in [5.74, 6) is 0.882. The Kier molecular flexibility index (Phi) is 6.14. The maximum atomic E-state index is 12.4. The number of nitrogens with one attached hydrogen (secondary N) is 1. The van der Waals surface area contributed by atoms with E-state index in [9.17, 15) is 4.79 Å². The van der Waals surface area contributed by atoms with Crippen molar-refractivity contribution in [1.82, 2.24) is 14.8 Å². The summed E-state index contributed by atoms with van der Waals surface area (Å²) in [6.07, 6.45) is 2.49. The number of hydrogen-bond donors (Lipinski definition) is 1.